The Morgan fingerprint density at radius 2 is 1.92 bits per heavy atom. The molecule has 0 radical (unpaired) electrons. The maximum absolute atomic E-state index is 12.5. The van der Waals surface area contributed by atoms with Crippen LogP contribution < -0.4 is 20.7 Å². The molecule has 0 spiro atoms. The quantitative estimate of drug-likeness (QED) is 0.426. The van der Waals surface area contributed by atoms with Gasteiger partial charge < -0.3 is 25.4 Å². The van der Waals surface area contributed by atoms with Crippen LogP contribution in [-0.2, 0) is 11.2 Å². The standard InChI is InChI=1S/C28H29ClN4O3/c29-24-15-17(1-4-26(24)36-20-5-7-31-8-6-20)25-16-23(28(30)34)22-14-18-13-19(33-9-11-35-12-10-33)2-3-21(18)27(22)32-25/h1-4,13,15-16,20,31H,5-12,14H2,(H2,30,34). The number of nitrogens with two attached hydrogens (primary N) is 1. The number of nitrogens with one attached hydrogen (secondary N) is 1. The van der Waals surface area contributed by atoms with Gasteiger partial charge in [-0.25, -0.2) is 4.98 Å². The van der Waals surface area contributed by atoms with Crippen molar-refractivity contribution in [3.63, 3.8) is 0 Å². The predicted octanol–water partition coefficient (Wildman–Crippen LogP) is 4.04. The number of amides is 1. The van der Waals surface area contributed by atoms with Crippen LogP contribution in [0.2, 0.25) is 5.02 Å². The van der Waals surface area contributed by atoms with Crippen LogP contribution in [-0.4, -0.2) is 56.4 Å². The predicted molar refractivity (Wildman–Crippen MR) is 141 cm³/mol. The van der Waals surface area contributed by atoms with E-state index in [4.69, 9.17) is 31.8 Å². The first-order chi connectivity index (χ1) is 17.6. The number of aromatic nitrogens is 1. The van der Waals surface area contributed by atoms with Gasteiger partial charge in [-0.3, -0.25) is 4.79 Å². The molecule has 6 rings (SSSR count). The third-order valence-corrected chi connectivity index (χ3v) is 7.58. The van der Waals surface area contributed by atoms with Gasteiger partial charge >= 0.3 is 0 Å². The van der Waals surface area contributed by atoms with E-state index in [-0.39, 0.29) is 6.10 Å². The molecule has 1 amide bonds. The number of piperidine rings is 1. The SMILES string of the molecule is NC(=O)c1cc(-c2ccc(OC3CCNCC3)c(Cl)c2)nc2c1Cc1cc(N3CCOCC3)ccc1-2. The molecule has 3 aromatic rings. The number of hydrogen-bond acceptors (Lipinski definition) is 6. The van der Waals surface area contributed by atoms with Gasteiger partial charge in [-0.05, 0) is 73.5 Å². The Balaban J connectivity index is 1.33. The largest absolute Gasteiger partial charge is 0.489 e. The smallest absolute Gasteiger partial charge is 0.249 e. The van der Waals surface area contributed by atoms with Gasteiger partial charge in [0, 0.05) is 41.9 Å². The van der Waals surface area contributed by atoms with Gasteiger partial charge in [-0.1, -0.05) is 17.7 Å². The van der Waals surface area contributed by atoms with Gasteiger partial charge in [-0.15, -0.1) is 0 Å². The van der Waals surface area contributed by atoms with Gasteiger partial charge in [0.05, 0.1) is 29.6 Å². The Hall–Kier alpha value is -3.13. The first kappa shape index (κ1) is 23.3. The molecule has 2 saturated heterocycles. The summed E-state index contributed by atoms with van der Waals surface area (Å²) in [5.74, 6) is 0.220. The molecule has 7 nitrogen and oxygen atoms in total. The van der Waals surface area contributed by atoms with Crippen molar-refractivity contribution in [1.82, 2.24) is 10.3 Å². The summed E-state index contributed by atoms with van der Waals surface area (Å²) in [4.78, 5) is 19.8. The van der Waals surface area contributed by atoms with Crippen LogP contribution in [0, 0.1) is 0 Å². The van der Waals surface area contributed by atoms with E-state index in [0.29, 0.717) is 28.5 Å². The van der Waals surface area contributed by atoms with Crippen LogP contribution in [0.3, 0.4) is 0 Å². The van der Waals surface area contributed by atoms with Gasteiger partial charge in [0.25, 0.3) is 0 Å². The first-order valence-electron chi connectivity index (χ1n) is 12.5. The van der Waals surface area contributed by atoms with Crippen molar-refractivity contribution >= 4 is 23.2 Å². The number of anilines is 1. The Morgan fingerprint density at radius 3 is 2.67 bits per heavy atom. The van der Waals surface area contributed by atoms with Gasteiger partial charge in [0.2, 0.25) is 5.91 Å². The third kappa shape index (κ3) is 4.43. The molecule has 3 N–H and O–H groups in total. The molecule has 0 unspecified atom stereocenters. The number of pyridine rings is 1. The minimum Gasteiger partial charge on any atom is -0.489 e. The number of benzene rings is 2. The molecule has 2 aliphatic heterocycles. The number of ether oxygens (including phenoxy) is 2. The Bertz CT molecular complexity index is 1320. The number of carbonyl (C=O) groups is 1. The van der Waals surface area contributed by atoms with Crippen molar-refractivity contribution in [2.75, 3.05) is 44.3 Å². The summed E-state index contributed by atoms with van der Waals surface area (Å²) in [5, 5.41) is 3.87. The van der Waals surface area contributed by atoms with Crippen LogP contribution in [0.4, 0.5) is 5.69 Å². The Kier molecular flexibility index (Phi) is 6.29. The van der Waals surface area contributed by atoms with Crippen molar-refractivity contribution in [3.8, 4) is 28.3 Å². The normalized spacial score (nSPS) is 17.5. The van der Waals surface area contributed by atoms with Crippen LogP contribution in [0.5, 0.6) is 5.75 Å². The lowest BCUT2D eigenvalue weighted by Crippen LogP contribution is -2.36. The Labute approximate surface area is 215 Å². The summed E-state index contributed by atoms with van der Waals surface area (Å²) in [7, 11) is 0. The van der Waals surface area contributed by atoms with Crippen molar-refractivity contribution in [2.24, 2.45) is 5.73 Å². The molecule has 1 aliphatic carbocycles. The van der Waals surface area contributed by atoms with Crippen molar-refractivity contribution in [3.05, 3.63) is 64.2 Å². The fraction of sp³-hybridized carbons (Fsp3) is 0.357. The molecular weight excluding hydrogens is 476 g/mol. The molecule has 2 fully saturated rings. The number of halogens is 1. The second-order valence-electron chi connectivity index (χ2n) is 9.58. The molecule has 36 heavy (non-hydrogen) atoms. The summed E-state index contributed by atoms with van der Waals surface area (Å²) in [6.45, 7) is 5.11. The minimum absolute atomic E-state index is 0.160. The first-order valence-corrected chi connectivity index (χ1v) is 12.9. The molecule has 0 bridgehead atoms. The fourth-order valence-electron chi connectivity index (χ4n) is 5.36. The average molecular weight is 505 g/mol. The maximum atomic E-state index is 12.5. The third-order valence-electron chi connectivity index (χ3n) is 7.28. The van der Waals surface area contributed by atoms with Crippen molar-refractivity contribution in [2.45, 2.75) is 25.4 Å². The van der Waals surface area contributed by atoms with E-state index >= 15 is 0 Å². The molecule has 3 heterocycles. The lowest BCUT2D eigenvalue weighted by atomic mass is 10.0. The van der Waals surface area contributed by atoms with Crippen LogP contribution in [0.25, 0.3) is 22.5 Å². The van der Waals surface area contributed by atoms with E-state index in [1.165, 1.54) is 5.69 Å². The summed E-state index contributed by atoms with van der Waals surface area (Å²) in [6, 6.07) is 13.9. The van der Waals surface area contributed by atoms with Gasteiger partial charge in [0.15, 0.2) is 0 Å². The number of nitrogens with zero attached hydrogens (tertiary/aromatic N) is 2. The molecule has 3 aliphatic rings. The molecule has 186 valence electrons. The highest BCUT2D eigenvalue weighted by atomic mass is 35.5. The van der Waals surface area contributed by atoms with Gasteiger partial charge in [-0.2, -0.15) is 0 Å². The lowest BCUT2D eigenvalue weighted by molar-refractivity contribution is 0.0999. The van der Waals surface area contributed by atoms with E-state index in [1.54, 1.807) is 6.07 Å². The highest BCUT2D eigenvalue weighted by molar-refractivity contribution is 6.32. The zero-order chi connectivity index (χ0) is 24.6. The molecular formula is C28H29ClN4O3. The van der Waals surface area contributed by atoms with E-state index in [2.05, 4.69) is 28.4 Å². The average Bonchev–Trinajstić information content (AvgIpc) is 3.28. The maximum Gasteiger partial charge on any atom is 0.249 e. The molecule has 8 heteroatoms. The summed E-state index contributed by atoms with van der Waals surface area (Å²) >= 11 is 6.62. The zero-order valence-corrected chi connectivity index (χ0v) is 20.8. The number of primary amides is 1. The van der Waals surface area contributed by atoms with E-state index in [0.717, 1.165) is 80.2 Å². The van der Waals surface area contributed by atoms with E-state index in [1.807, 2.05) is 18.2 Å². The van der Waals surface area contributed by atoms with Crippen molar-refractivity contribution < 1.29 is 14.3 Å². The van der Waals surface area contributed by atoms with E-state index in [9.17, 15) is 4.79 Å². The highest BCUT2D eigenvalue weighted by Gasteiger charge is 2.27. The Morgan fingerprint density at radius 1 is 1.11 bits per heavy atom. The van der Waals surface area contributed by atoms with Crippen LogP contribution in [0.15, 0.2) is 42.5 Å². The molecule has 0 saturated carbocycles. The summed E-state index contributed by atoms with van der Waals surface area (Å²) in [5.41, 5.74) is 12.9. The zero-order valence-electron chi connectivity index (χ0n) is 20.1. The summed E-state index contributed by atoms with van der Waals surface area (Å²) < 4.78 is 11.6. The molecule has 1 aromatic heterocycles. The van der Waals surface area contributed by atoms with Gasteiger partial charge in [0.1, 0.15) is 11.9 Å². The number of morpholine rings is 1. The number of hydrogen-bond donors (Lipinski definition) is 2. The molecule has 0 atom stereocenters. The van der Waals surface area contributed by atoms with Crippen molar-refractivity contribution in [1.29, 1.82) is 0 Å². The fourth-order valence-corrected chi connectivity index (χ4v) is 5.58. The number of fused-ring (bicyclic) bond motifs is 3. The second-order valence-corrected chi connectivity index (χ2v) is 9.98. The van der Waals surface area contributed by atoms with E-state index < -0.39 is 5.91 Å². The molecule has 2 aromatic carbocycles. The highest BCUT2D eigenvalue weighted by Crippen LogP contribution is 2.41. The van der Waals surface area contributed by atoms with Crippen LogP contribution >= 0.6 is 11.6 Å². The lowest BCUT2D eigenvalue weighted by Gasteiger charge is -2.29. The monoisotopic (exact) mass is 504 g/mol. The topological polar surface area (TPSA) is 89.7 Å². The number of carbonyl (C=O) groups excluding carboxylic acids is 1. The second kappa shape index (κ2) is 9.73. The van der Waals surface area contributed by atoms with Crippen LogP contribution in [0.1, 0.15) is 34.3 Å². The number of rotatable bonds is 5. The summed E-state index contributed by atoms with van der Waals surface area (Å²) in [6.07, 6.45) is 2.71. The minimum atomic E-state index is -0.451.